The minimum Gasteiger partial charge on any atom is -0.494 e. The van der Waals surface area contributed by atoms with Gasteiger partial charge in [0.25, 0.3) is 0 Å². The maximum atomic E-state index is 8.81. The highest BCUT2D eigenvalue weighted by Gasteiger charge is 1.98. The summed E-state index contributed by atoms with van der Waals surface area (Å²) in [6.07, 6.45) is 11.6. The fourth-order valence-corrected chi connectivity index (χ4v) is 3.74. The van der Waals surface area contributed by atoms with E-state index in [4.69, 9.17) is 19.7 Å². The predicted molar refractivity (Wildman–Crippen MR) is 156 cm³/mol. The molecule has 0 unspecified atom stereocenters. The number of nitrogens with zero attached hydrogens (tertiary/aromatic N) is 2. The number of rotatable bonds is 18. The Hall–Kier alpha value is -3.48. The van der Waals surface area contributed by atoms with E-state index in [9.17, 15) is 0 Å². The molecule has 3 rings (SSSR count). The highest BCUT2D eigenvalue weighted by atomic mass is 16.5. The molecule has 0 amide bonds. The molecule has 0 aliphatic rings. The molecule has 0 radical (unpaired) electrons. The number of aliphatic hydroxyl groups excluding tert-OH is 2. The van der Waals surface area contributed by atoms with Gasteiger partial charge >= 0.3 is 0 Å². The lowest BCUT2D eigenvalue weighted by Gasteiger charge is -2.06. The molecule has 0 aliphatic carbocycles. The average molecular weight is 517 g/mol. The first-order chi connectivity index (χ1) is 18.8. The molecule has 38 heavy (non-hydrogen) atoms. The summed E-state index contributed by atoms with van der Waals surface area (Å²) < 4.78 is 11.6. The molecular weight excluding hydrogens is 476 g/mol. The Balaban J connectivity index is 1.39. The van der Waals surface area contributed by atoms with Crippen molar-refractivity contribution in [3.63, 3.8) is 0 Å². The first kappa shape index (κ1) is 29.1. The molecule has 0 aliphatic heterocycles. The minimum atomic E-state index is 0.266. The van der Waals surface area contributed by atoms with Gasteiger partial charge < -0.3 is 19.7 Å². The molecule has 0 atom stereocenters. The molecule has 0 saturated carbocycles. The van der Waals surface area contributed by atoms with E-state index in [1.165, 1.54) is 0 Å². The topological polar surface area (TPSA) is 83.6 Å². The fraction of sp³-hybridized carbons (Fsp3) is 0.375. The molecule has 0 spiro atoms. The van der Waals surface area contributed by atoms with Gasteiger partial charge in [-0.1, -0.05) is 12.8 Å². The van der Waals surface area contributed by atoms with Gasteiger partial charge in [-0.05, 0) is 122 Å². The largest absolute Gasteiger partial charge is 0.494 e. The van der Waals surface area contributed by atoms with E-state index < -0.39 is 0 Å². The van der Waals surface area contributed by atoms with Crippen molar-refractivity contribution in [2.24, 2.45) is 9.98 Å². The average Bonchev–Trinajstić information content (AvgIpc) is 2.96. The Morgan fingerprint density at radius 1 is 0.474 bits per heavy atom. The van der Waals surface area contributed by atoms with E-state index in [1.807, 2.05) is 85.2 Å². The van der Waals surface area contributed by atoms with Gasteiger partial charge in [-0.15, -0.1) is 0 Å². The van der Waals surface area contributed by atoms with E-state index in [0.717, 1.165) is 85.4 Å². The summed E-state index contributed by atoms with van der Waals surface area (Å²) in [4.78, 5) is 9.12. The molecule has 3 aromatic carbocycles. The number of aliphatic hydroxyl groups is 2. The number of ether oxygens (including phenoxy) is 2. The van der Waals surface area contributed by atoms with Crippen molar-refractivity contribution in [2.75, 3.05) is 26.4 Å². The second-order valence-electron chi connectivity index (χ2n) is 9.14. The van der Waals surface area contributed by atoms with Gasteiger partial charge in [-0.2, -0.15) is 0 Å². The monoisotopic (exact) mass is 516 g/mol. The summed E-state index contributed by atoms with van der Waals surface area (Å²) in [5.74, 6) is 1.72. The van der Waals surface area contributed by atoms with Crippen LogP contribution in [0, 0.1) is 0 Å². The maximum Gasteiger partial charge on any atom is 0.119 e. The second-order valence-corrected chi connectivity index (χ2v) is 9.14. The van der Waals surface area contributed by atoms with Crippen LogP contribution in [0.2, 0.25) is 0 Å². The Kier molecular flexibility index (Phi) is 13.7. The fourth-order valence-electron chi connectivity index (χ4n) is 3.74. The molecule has 6 nitrogen and oxygen atoms in total. The molecule has 0 bridgehead atoms. The maximum absolute atomic E-state index is 8.81. The molecule has 0 saturated heterocycles. The van der Waals surface area contributed by atoms with Gasteiger partial charge in [0.05, 0.1) is 24.6 Å². The zero-order chi connectivity index (χ0) is 26.7. The van der Waals surface area contributed by atoms with E-state index in [2.05, 4.69) is 9.98 Å². The molecule has 3 aromatic rings. The van der Waals surface area contributed by atoms with E-state index in [-0.39, 0.29) is 13.2 Å². The number of unbranched alkanes of at least 4 members (excludes halogenated alkanes) is 6. The van der Waals surface area contributed by atoms with Crippen molar-refractivity contribution in [3.05, 3.63) is 83.9 Å². The van der Waals surface area contributed by atoms with Crippen LogP contribution >= 0.6 is 0 Å². The van der Waals surface area contributed by atoms with E-state index in [1.54, 1.807) is 0 Å². The Labute approximate surface area is 226 Å². The normalized spacial score (nSPS) is 11.4. The molecular formula is C32H40N2O4. The van der Waals surface area contributed by atoms with Gasteiger partial charge in [0.1, 0.15) is 11.5 Å². The van der Waals surface area contributed by atoms with Crippen LogP contribution in [0.1, 0.15) is 62.5 Å². The van der Waals surface area contributed by atoms with E-state index >= 15 is 0 Å². The van der Waals surface area contributed by atoms with Crippen LogP contribution in [-0.4, -0.2) is 49.1 Å². The van der Waals surface area contributed by atoms with Gasteiger partial charge in [0.15, 0.2) is 0 Å². The molecule has 0 fully saturated rings. The van der Waals surface area contributed by atoms with Crippen molar-refractivity contribution in [2.45, 2.75) is 51.4 Å². The van der Waals surface area contributed by atoms with Gasteiger partial charge in [-0.25, -0.2) is 0 Å². The molecule has 202 valence electrons. The smallest absolute Gasteiger partial charge is 0.119 e. The summed E-state index contributed by atoms with van der Waals surface area (Å²) in [6, 6.07) is 23.7. The predicted octanol–water partition coefficient (Wildman–Crippen LogP) is 7.05. The highest BCUT2D eigenvalue weighted by molar-refractivity contribution is 5.83. The van der Waals surface area contributed by atoms with Crippen molar-refractivity contribution in [1.29, 1.82) is 0 Å². The lowest BCUT2D eigenvalue weighted by molar-refractivity contribution is 0.273. The third-order valence-electron chi connectivity index (χ3n) is 5.98. The molecule has 0 heterocycles. The number of benzene rings is 3. The summed E-state index contributed by atoms with van der Waals surface area (Å²) in [5.41, 5.74) is 3.75. The first-order valence-electron chi connectivity index (χ1n) is 13.6. The molecule has 6 heteroatoms. The lowest BCUT2D eigenvalue weighted by Crippen LogP contribution is -1.97. The van der Waals surface area contributed by atoms with Crippen LogP contribution in [0.25, 0.3) is 0 Å². The quantitative estimate of drug-likeness (QED) is 0.140. The number of hydrogen-bond acceptors (Lipinski definition) is 6. The number of hydrogen-bond donors (Lipinski definition) is 2. The van der Waals surface area contributed by atoms with Crippen LogP contribution in [0.4, 0.5) is 11.4 Å². The van der Waals surface area contributed by atoms with Crippen LogP contribution in [-0.2, 0) is 0 Å². The standard InChI is InChI=1S/C32H40N2O4/c35-21-5-1-3-7-23-37-31-17-9-27(10-18-31)25-33-29-13-15-30(16-14-29)34-26-28-11-19-32(20-12-28)38-24-8-4-2-6-22-36/h9-20,25-26,35-36H,1-8,21-24H2. The van der Waals surface area contributed by atoms with E-state index in [0.29, 0.717) is 13.2 Å². The lowest BCUT2D eigenvalue weighted by atomic mass is 10.2. The number of aliphatic imine (C=N–C) groups is 2. The zero-order valence-corrected chi connectivity index (χ0v) is 22.2. The summed E-state index contributed by atoms with van der Waals surface area (Å²) in [7, 11) is 0. The third-order valence-corrected chi connectivity index (χ3v) is 5.98. The van der Waals surface area contributed by atoms with Crippen molar-refractivity contribution in [1.82, 2.24) is 0 Å². The summed E-state index contributed by atoms with van der Waals surface area (Å²) >= 11 is 0. The zero-order valence-electron chi connectivity index (χ0n) is 22.2. The van der Waals surface area contributed by atoms with Crippen LogP contribution in [0.15, 0.2) is 82.8 Å². The molecule has 2 N–H and O–H groups in total. The Morgan fingerprint density at radius 2 is 0.842 bits per heavy atom. The Bertz CT molecular complexity index is 989. The van der Waals surface area contributed by atoms with Crippen molar-refractivity contribution < 1.29 is 19.7 Å². The van der Waals surface area contributed by atoms with Crippen LogP contribution in [0.5, 0.6) is 11.5 Å². The minimum absolute atomic E-state index is 0.266. The third kappa shape index (κ3) is 11.7. The summed E-state index contributed by atoms with van der Waals surface area (Å²) in [6.45, 7) is 1.92. The summed E-state index contributed by atoms with van der Waals surface area (Å²) in [5, 5.41) is 17.6. The van der Waals surface area contributed by atoms with Crippen LogP contribution in [0.3, 0.4) is 0 Å². The van der Waals surface area contributed by atoms with Crippen molar-refractivity contribution in [3.8, 4) is 11.5 Å². The van der Waals surface area contributed by atoms with Gasteiger partial charge in [0.2, 0.25) is 0 Å². The second kappa shape index (κ2) is 17.9. The van der Waals surface area contributed by atoms with Gasteiger partial charge in [-0.3, -0.25) is 9.98 Å². The highest BCUT2D eigenvalue weighted by Crippen LogP contribution is 2.20. The van der Waals surface area contributed by atoms with Crippen molar-refractivity contribution >= 4 is 23.8 Å². The SMILES string of the molecule is OCCCCCCOc1ccc(C=Nc2ccc(N=Cc3ccc(OCCCCCCO)cc3)cc2)cc1. The molecule has 0 aromatic heterocycles. The van der Waals surface area contributed by atoms with Crippen LogP contribution < -0.4 is 9.47 Å². The van der Waals surface area contributed by atoms with Gasteiger partial charge in [0, 0.05) is 25.6 Å². The Morgan fingerprint density at radius 3 is 1.21 bits per heavy atom. The first-order valence-corrected chi connectivity index (χ1v) is 13.6.